The van der Waals surface area contributed by atoms with E-state index in [0.29, 0.717) is 17.8 Å². The first-order chi connectivity index (χ1) is 10.3. The van der Waals surface area contributed by atoms with Gasteiger partial charge < -0.3 is 0 Å². The highest BCUT2D eigenvalue weighted by atomic mass is 19.1. The largest absolute Gasteiger partial charge is 0.216 e. The summed E-state index contributed by atoms with van der Waals surface area (Å²) in [4.78, 5) is 0. The summed E-state index contributed by atoms with van der Waals surface area (Å²) >= 11 is 0. The maximum Gasteiger partial charge on any atom is 0.186 e. The third-order valence-corrected chi connectivity index (χ3v) is 3.14. The molecule has 3 rings (SSSR count). The van der Waals surface area contributed by atoms with Gasteiger partial charge in [-0.2, -0.15) is 5.26 Å². The standard InChI is InChI=1S/C16H11FN4/c17-13-7-4-8-14(10-13)21-16(15(11-18)19-20-21)9-12-5-2-1-3-6-12/h1-8,10H,9H2. The third kappa shape index (κ3) is 2.65. The predicted octanol–water partition coefficient (Wildman–Crippen LogP) is 2.87. The van der Waals surface area contributed by atoms with Crippen LogP contribution >= 0.6 is 0 Å². The van der Waals surface area contributed by atoms with Gasteiger partial charge in [-0.25, -0.2) is 9.07 Å². The van der Waals surface area contributed by atoms with Crippen LogP contribution in [-0.2, 0) is 6.42 Å². The highest BCUT2D eigenvalue weighted by molar-refractivity contribution is 5.39. The molecule has 0 saturated heterocycles. The monoisotopic (exact) mass is 278 g/mol. The second-order valence-corrected chi connectivity index (χ2v) is 4.55. The lowest BCUT2D eigenvalue weighted by molar-refractivity contribution is 0.624. The van der Waals surface area contributed by atoms with Crippen LogP contribution < -0.4 is 0 Å². The minimum atomic E-state index is -0.354. The van der Waals surface area contributed by atoms with Crippen LogP contribution in [0, 0.1) is 17.1 Å². The van der Waals surface area contributed by atoms with Gasteiger partial charge in [-0.3, -0.25) is 0 Å². The van der Waals surface area contributed by atoms with Gasteiger partial charge in [0.2, 0.25) is 0 Å². The summed E-state index contributed by atoms with van der Waals surface area (Å²) in [6, 6.07) is 17.8. The van der Waals surface area contributed by atoms with E-state index in [1.165, 1.54) is 16.8 Å². The number of nitrogens with zero attached hydrogens (tertiary/aromatic N) is 4. The van der Waals surface area contributed by atoms with E-state index in [1.54, 1.807) is 12.1 Å². The lowest BCUT2D eigenvalue weighted by atomic mass is 10.1. The van der Waals surface area contributed by atoms with Crippen LogP contribution in [0.25, 0.3) is 5.69 Å². The van der Waals surface area contributed by atoms with Gasteiger partial charge in [-0.05, 0) is 23.8 Å². The number of rotatable bonds is 3. The molecule has 0 spiro atoms. The van der Waals surface area contributed by atoms with Crippen molar-refractivity contribution in [3.63, 3.8) is 0 Å². The molecule has 4 nitrogen and oxygen atoms in total. The van der Waals surface area contributed by atoms with Crippen molar-refractivity contribution in [2.24, 2.45) is 0 Å². The van der Waals surface area contributed by atoms with Crippen LogP contribution in [-0.4, -0.2) is 15.0 Å². The molecule has 0 atom stereocenters. The maximum atomic E-state index is 13.4. The first-order valence-electron chi connectivity index (χ1n) is 6.42. The fourth-order valence-corrected chi connectivity index (χ4v) is 2.15. The van der Waals surface area contributed by atoms with E-state index < -0.39 is 0 Å². The number of hydrogen-bond donors (Lipinski definition) is 0. The molecule has 0 unspecified atom stereocenters. The number of nitriles is 1. The highest BCUT2D eigenvalue weighted by Crippen LogP contribution is 2.17. The van der Waals surface area contributed by atoms with Crippen molar-refractivity contribution in [1.82, 2.24) is 15.0 Å². The Morgan fingerprint density at radius 1 is 1.10 bits per heavy atom. The second-order valence-electron chi connectivity index (χ2n) is 4.55. The van der Waals surface area contributed by atoms with Crippen molar-refractivity contribution in [2.45, 2.75) is 6.42 Å². The predicted molar refractivity (Wildman–Crippen MR) is 75.3 cm³/mol. The highest BCUT2D eigenvalue weighted by Gasteiger charge is 2.14. The first kappa shape index (κ1) is 13.0. The second kappa shape index (κ2) is 5.55. The Labute approximate surface area is 121 Å². The zero-order valence-electron chi connectivity index (χ0n) is 11.1. The number of aromatic nitrogens is 3. The van der Waals surface area contributed by atoms with Gasteiger partial charge in [0.05, 0.1) is 11.4 Å². The van der Waals surface area contributed by atoms with Crippen LogP contribution in [0.1, 0.15) is 17.0 Å². The Morgan fingerprint density at radius 3 is 2.62 bits per heavy atom. The Morgan fingerprint density at radius 2 is 1.90 bits per heavy atom. The van der Waals surface area contributed by atoms with Crippen molar-refractivity contribution < 1.29 is 4.39 Å². The fraction of sp³-hybridized carbons (Fsp3) is 0.0625. The quantitative estimate of drug-likeness (QED) is 0.740. The Hall–Kier alpha value is -3.00. The van der Waals surface area contributed by atoms with Crippen molar-refractivity contribution in [1.29, 1.82) is 5.26 Å². The van der Waals surface area contributed by atoms with Gasteiger partial charge >= 0.3 is 0 Å². The topological polar surface area (TPSA) is 54.5 Å². The minimum Gasteiger partial charge on any atom is -0.216 e. The van der Waals surface area contributed by atoms with Crippen molar-refractivity contribution >= 4 is 0 Å². The molecular weight excluding hydrogens is 267 g/mol. The molecule has 0 bridgehead atoms. The van der Waals surface area contributed by atoms with Gasteiger partial charge in [0.1, 0.15) is 11.9 Å². The van der Waals surface area contributed by atoms with E-state index in [2.05, 4.69) is 10.3 Å². The van der Waals surface area contributed by atoms with E-state index >= 15 is 0 Å². The van der Waals surface area contributed by atoms with E-state index in [4.69, 9.17) is 0 Å². The summed E-state index contributed by atoms with van der Waals surface area (Å²) in [5, 5.41) is 17.0. The smallest absolute Gasteiger partial charge is 0.186 e. The van der Waals surface area contributed by atoms with E-state index in [9.17, 15) is 9.65 Å². The Balaban J connectivity index is 2.07. The van der Waals surface area contributed by atoms with Crippen LogP contribution in [0.2, 0.25) is 0 Å². The average Bonchev–Trinajstić information content (AvgIpc) is 2.91. The van der Waals surface area contributed by atoms with Crippen LogP contribution in [0.5, 0.6) is 0 Å². The lowest BCUT2D eigenvalue weighted by Crippen LogP contribution is -2.04. The summed E-state index contributed by atoms with van der Waals surface area (Å²) in [7, 11) is 0. The van der Waals surface area contributed by atoms with Crippen LogP contribution in [0.15, 0.2) is 54.6 Å². The Kier molecular flexibility index (Phi) is 3.44. The average molecular weight is 278 g/mol. The molecule has 2 aromatic carbocycles. The molecule has 21 heavy (non-hydrogen) atoms. The zero-order chi connectivity index (χ0) is 14.7. The molecule has 0 amide bonds. The summed E-state index contributed by atoms with van der Waals surface area (Å²) < 4.78 is 14.9. The fourth-order valence-electron chi connectivity index (χ4n) is 2.15. The molecule has 5 heteroatoms. The van der Waals surface area contributed by atoms with Crippen LogP contribution in [0.4, 0.5) is 4.39 Å². The SMILES string of the molecule is N#Cc1nnn(-c2cccc(F)c2)c1Cc1ccccc1. The van der Waals surface area contributed by atoms with E-state index in [1.807, 2.05) is 36.4 Å². The van der Waals surface area contributed by atoms with Gasteiger partial charge in [0.25, 0.3) is 0 Å². The molecular formula is C16H11FN4. The van der Waals surface area contributed by atoms with Crippen molar-refractivity contribution in [3.05, 3.63) is 77.4 Å². The Bertz CT molecular complexity index is 803. The van der Waals surface area contributed by atoms with Gasteiger partial charge in [-0.15, -0.1) is 5.10 Å². The molecule has 0 N–H and O–H groups in total. The molecule has 0 aliphatic carbocycles. The molecule has 1 aromatic heterocycles. The van der Waals surface area contributed by atoms with Gasteiger partial charge in [-0.1, -0.05) is 41.6 Å². The third-order valence-electron chi connectivity index (χ3n) is 3.14. The maximum absolute atomic E-state index is 13.4. The van der Waals surface area contributed by atoms with Gasteiger partial charge in [0.15, 0.2) is 5.69 Å². The molecule has 0 radical (unpaired) electrons. The molecule has 0 saturated carbocycles. The molecule has 0 aliphatic rings. The van der Waals surface area contributed by atoms with Crippen molar-refractivity contribution in [2.75, 3.05) is 0 Å². The minimum absolute atomic E-state index is 0.253. The first-order valence-corrected chi connectivity index (χ1v) is 6.42. The van der Waals surface area contributed by atoms with Crippen LogP contribution in [0.3, 0.4) is 0 Å². The summed E-state index contributed by atoms with van der Waals surface area (Å²) in [5.74, 6) is -0.354. The number of halogens is 1. The number of hydrogen-bond acceptors (Lipinski definition) is 3. The molecule has 0 fully saturated rings. The summed E-state index contributed by atoms with van der Waals surface area (Å²) in [5.41, 5.74) is 2.49. The molecule has 1 heterocycles. The van der Waals surface area contributed by atoms with E-state index in [-0.39, 0.29) is 11.5 Å². The number of benzene rings is 2. The molecule has 3 aromatic rings. The molecule has 102 valence electrons. The lowest BCUT2D eigenvalue weighted by Gasteiger charge is -2.06. The van der Waals surface area contributed by atoms with Crippen molar-refractivity contribution in [3.8, 4) is 11.8 Å². The summed E-state index contributed by atoms with van der Waals surface area (Å²) in [6.07, 6.45) is 0.507. The summed E-state index contributed by atoms with van der Waals surface area (Å²) in [6.45, 7) is 0. The van der Waals surface area contributed by atoms with E-state index in [0.717, 1.165) is 5.56 Å². The normalized spacial score (nSPS) is 10.3. The van der Waals surface area contributed by atoms with Gasteiger partial charge in [0, 0.05) is 6.42 Å². The molecule has 0 aliphatic heterocycles. The zero-order valence-corrected chi connectivity index (χ0v) is 11.1.